The van der Waals surface area contributed by atoms with E-state index in [1.165, 1.54) is 39.2 Å². The van der Waals surface area contributed by atoms with Gasteiger partial charge in [0.2, 0.25) is 0 Å². The molecule has 0 aliphatic carbocycles. The smallest absolute Gasteiger partial charge is 0.333 e. The van der Waals surface area contributed by atoms with Gasteiger partial charge in [0.1, 0.15) is 30.9 Å². The van der Waals surface area contributed by atoms with Gasteiger partial charge in [0.05, 0.1) is 81.7 Å². The number of rotatable bonds is 28. The molecule has 0 saturated carbocycles. The number of hydrogen-bond acceptors (Lipinski definition) is 20. The Morgan fingerprint density at radius 3 is 1.31 bits per heavy atom. The van der Waals surface area contributed by atoms with Crippen LogP contribution in [0.5, 0.6) is 0 Å². The Kier molecular flexibility index (Phi) is 35.0. The van der Waals surface area contributed by atoms with E-state index in [2.05, 4.69) is 65.8 Å². The van der Waals surface area contributed by atoms with Crippen molar-refractivity contribution in [1.82, 2.24) is 48.9 Å². The Hall–Kier alpha value is -9.38. The summed E-state index contributed by atoms with van der Waals surface area (Å²) >= 11 is 0. The SMILES string of the molecule is C=C1NC(=O)N([C@H]2C=C[C@@H](COC(C)C)O2)C=C1C.C=C1NC(=O)N([C@H]2CC(N=[N+]=[N-])[C@@H](COCC)O2)C=C1C.C=C1NC(=O)N([C@H]2CC(N=[N+]=[N-])[C@@H](COCCC)O2)C=C1C.CCCOC[C@H]1O[C@@H](n2cc(C)c(=O)n(CCC)c2=O)CC1N=[N+]=[N-].Cc1cn([C@H]2C=C[C@@H](COC(C)C)O2)c(=O)n(C(C)C)c1=O. The van der Waals surface area contributed by atoms with Crippen LogP contribution in [0.4, 0.5) is 14.4 Å². The van der Waals surface area contributed by atoms with Crippen molar-refractivity contribution in [2.45, 2.75) is 247 Å². The van der Waals surface area contributed by atoms with Crippen molar-refractivity contribution in [2.75, 3.05) is 52.9 Å². The molecule has 36 heteroatoms. The van der Waals surface area contributed by atoms with Crippen molar-refractivity contribution in [3.8, 4) is 0 Å². The molecule has 0 radical (unpaired) electrons. The Morgan fingerprint density at radius 1 is 0.495 bits per heavy atom. The summed E-state index contributed by atoms with van der Waals surface area (Å²) in [6.45, 7) is 43.6. The van der Waals surface area contributed by atoms with Gasteiger partial charge in [-0.05, 0) is 148 Å². The van der Waals surface area contributed by atoms with Crippen molar-refractivity contribution in [1.29, 1.82) is 0 Å². The molecule has 8 aliphatic rings. The van der Waals surface area contributed by atoms with Gasteiger partial charge in [-0.25, -0.2) is 24.0 Å². The molecule has 6 amide bonds. The van der Waals surface area contributed by atoms with Crippen LogP contribution in [0, 0.1) is 13.8 Å². The summed E-state index contributed by atoms with van der Waals surface area (Å²) in [5.74, 6) is 0. The zero-order chi connectivity index (χ0) is 80.3. The van der Waals surface area contributed by atoms with Crippen LogP contribution in [0.2, 0.25) is 0 Å². The predicted molar refractivity (Wildman–Crippen MR) is 406 cm³/mol. The molecule has 109 heavy (non-hydrogen) atoms. The number of aryl methyl sites for hydroxylation is 2. The number of ether oxygens (including phenoxy) is 10. The third kappa shape index (κ3) is 24.8. The minimum atomic E-state index is -0.583. The maximum atomic E-state index is 12.7. The van der Waals surface area contributed by atoms with Crippen LogP contribution in [0.15, 0.2) is 143 Å². The van der Waals surface area contributed by atoms with Crippen molar-refractivity contribution in [2.24, 2.45) is 15.3 Å². The number of urea groups is 3. The highest BCUT2D eigenvalue weighted by Crippen LogP contribution is 2.33. The second-order valence-corrected chi connectivity index (χ2v) is 27.5. The monoisotopic (exact) mass is 1520 g/mol. The molecule has 598 valence electrons. The second kappa shape index (κ2) is 43.1. The maximum Gasteiger partial charge on any atom is 0.333 e. The summed E-state index contributed by atoms with van der Waals surface area (Å²) in [5.41, 5.74) is 30.2. The van der Waals surface area contributed by atoms with Gasteiger partial charge < -0.3 is 63.3 Å². The van der Waals surface area contributed by atoms with Gasteiger partial charge in [-0.3, -0.25) is 42.6 Å². The average Bonchev–Trinajstić information content (AvgIpc) is 1.76. The van der Waals surface area contributed by atoms with Crippen LogP contribution in [-0.4, -0.2) is 183 Å². The molecule has 3 saturated heterocycles. The molecule has 10 heterocycles. The molecule has 3 fully saturated rings. The van der Waals surface area contributed by atoms with Crippen LogP contribution in [0.25, 0.3) is 31.3 Å². The summed E-state index contributed by atoms with van der Waals surface area (Å²) in [6, 6.07) is -2.13. The van der Waals surface area contributed by atoms with Gasteiger partial charge in [-0.15, -0.1) is 0 Å². The first-order valence-corrected chi connectivity index (χ1v) is 36.7. The maximum absolute atomic E-state index is 12.7. The molecular weight excluding hydrogens is 1410 g/mol. The first-order valence-electron chi connectivity index (χ1n) is 36.7. The lowest BCUT2D eigenvalue weighted by molar-refractivity contribution is -0.0536. The lowest BCUT2D eigenvalue weighted by Gasteiger charge is -2.30. The normalized spacial score (nSPS) is 25.5. The number of hydrogen-bond donors (Lipinski definition) is 3. The number of carbonyl (C=O) groups excluding carboxylic acids is 3. The second-order valence-electron chi connectivity index (χ2n) is 27.5. The standard InChI is InChI=1S/C16H25N5O4.C16H24N2O4.C14H21N5O3.C14H20N2O3.C13H19N5O3/c1-4-6-20-15(22)11(3)9-21(16(20)23)14-8-12(18-19-17)13(25-14)10-24-7-5-2;1-10(2)18-15(19)12(5)8-17(16(18)20)14-7-6-13(22-14)9-21-11(3)4;1-4-5-21-8-12-11(17-18-15)6-13(22-12)19-7-9(2)10(3)16-14(19)20;1-9(2)18-8-12-5-6-13(19-12)16-7-10(3)11(4)15-14(16)17;1-4-20-7-11-10(16-17-14)5-12(21-11)18-6-8(2)9(3)15-13(18)19/h9,12-14H,4-8,10H2,1-3H3;6-8,10-11,13-14H,9H2,1-5H3;7,11-13H,3-6,8H2,1-2H3,(H,16,20);5-7,9,12-13H,4,8H2,1-3H3,(H,15,17);6,10-12H,3-5,7H2,1-2H3,(H,15,19)/t12?,13-,14-;13-,14+;11?,12-,13-;12-,13+;10?,11-,12-/m10101/s1. The average molecular weight is 1520 g/mol. The molecular formula is C73H109N19O17. The first-order chi connectivity index (χ1) is 51.9. The lowest BCUT2D eigenvalue weighted by Crippen LogP contribution is -2.45. The molecule has 2 aromatic heterocycles. The molecule has 13 atom stereocenters. The van der Waals surface area contributed by atoms with E-state index in [0.717, 1.165) is 29.6 Å². The van der Waals surface area contributed by atoms with Crippen LogP contribution in [0.1, 0.15) is 158 Å². The van der Waals surface area contributed by atoms with Crippen LogP contribution >= 0.6 is 0 Å². The van der Waals surface area contributed by atoms with Crippen molar-refractivity contribution >= 4 is 18.1 Å². The highest BCUT2D eigenvalue weighted by Gasteiger charge is 2.43. The predicted octanol–water partition coefficient (Wildman–Crippen LogP) is 10.9. The third-order valence-corrected chi connectivity index (χ3v) is 17.8. The summed E-state index contributed by atoms with van der Waals surface area (Å²) < 4.78 is 61.9. The van der Waals surface area contributed by atoms with E-state index in [4.69, 9.17) is 64.0 Å². The first kappa shape index (κ1) is 88.5. The summed E-state index contributed by atoms with van der Waals surface area (Å²) in [7, 11) is 0. The summed E-state index contributed by atoms with van der Waals surface area (Å²) in [6.07, 6.45) is 15.9. The van der Waals surface area contributed by atoms with E-state index in [-0.39, 0.29) is 95.9 Å². The minimum Gasteiger partial charge on any atom is -0.379 e. The molecule has 0 bridgehead atoms. The van der Waals surface area contributed by atoms with Crippen molar-refractivity contribution in [3.05, 3.63) is 193 Å². The van der Waals surface area contributed by atoms with E-state index in [9.17, 15) is 33.6 Å². The zero-order valence-corrected chi connectivity index (χ0v) is 65.3. The van der Waals surface area contributed by atoms with Gasteiger partial charge in [0.25, 0.3) is 11.1 Å². The number of azide groups is 3. The van der Waals surface area contributed by atoms with E-state index in [1.54, 1.807) is 38.6 Å². The largest absolute Gasteiger partial charge is 0.379 e. The minimum absolute atomic E-state index is 0.112. The lowest BCUT2D eigenvalue weighted by atomic mass is 10.1. The van der Waals surface area contributed by atoms with E-state index in [0.29, 0.717) is 113 Å². The van der Waals surface area contributed by atoms with Gasteiger partial charge >= 0.3 is 29.5 Å². The molecule has 3 unspecified atom stereocenters. The Morgan fingerprint density at radius 2 is 0.890 bits per heavy atom. The number of carbonyl (C=O) groups is 3. The van der Waals surface area contributed by atoms with Crippen LogP contribution in [0.3, 0.4) is 0 Å². The van der Waals surface area contributed by atoms with E-state index < -0.39 is 42.7 Å². The Labute approximate surface area is 634 Å². The molecule has 36 nitrogen and oxygen atoms in total. The molecule has 10 rings (SSSR count). The van der Waals surface area contributed by atoms with E-state index >= 15 is 0 Å². The van der Waals surface area contributed by atoms with E-state index in [1.807, 2.05) is 114 Å². The molecule has 2 aromatic rings. The number of nitrogens with one attached hydrogen (secondary N) is 3. The fourth-order valence-electron chi connectivity index (χ4n) is 11.9. The zero-order valence-electron chi connectivity index (χ0n) is 65.3. The number of nitrogens with zero attached hydrogens (tertiary/aromatic N) is 16. The number of amides is 6. The Balaban J connectivity index is 0.000000213. The Bertz CT molecular complexity index is 4080. The van der Waals surface area contributed by atoms with Crippen molar-refractivity contribution < 1.29 is 61.8 Å². The fourth-order valence-corrected chi connectivity index (χ4v) is 11.9. The highest BCUT2D eigenvalue weighted by atomic mass is 16.6. The molecule has 0 spiro atoms. The van der Waals surface area contributed by atoms with Gasteiger partial charge in [-0.2, -0.15) is 0 Å². The molecule has 8 aliphatic heterocycles. The topological polar surface area (TPSA) is 424 Å². The number of aromatic nitrogens is 4. The van der Waals surface area contributed by atoms with Crippen LogP contribution < -0.4 is 38.4 Å². The quantitative estimate of drug-likeness (QED) is 0.0234. The van der Waals surface area contributed by atoms with Crippen LogP contribution in [-0.2, 0) is 53.9 Å². The van der Waals surface area contributed by atoms with Gasteiger partial charge in [0.15, 0.2) is 12.5 Å². The summed E-state index contributed by atoms with van der Waals surface area (Å²) in [4.78, 5) is 98.5. The van der Waals surface area contributed by atoms with Crippen molar-refractivity contribution in [3.63, 3.8) is 0 Å². The number of allylic oxidation sites excluding steroid dienone is 3. The van der Waals surface area contributed by atoms with Gasteiger partial charge in [0, 0.05) is 126 Å². The third-order valence-electron chi connectivity index (χ3n) is 17.8. The highest BCUT2D eigenvalue weighted by molar-refractivity contribution is 5.81. The molecule has 0 aromatic carbocycles. The fraction of sp³-hybridized carbons (Fsp3) is 0.630. The summed E-state index contributed by atoms with van der Waals surface area (Å²) in [5, 5.41) is 19.3. The molecule has 3 N–H and O–H groups in total. The van der Waals surface area contributed by atoms with Gasteiger partial charge in [-0.1, -0.05) is 68.0 Å².